The molecule has 0 saturated carbocycles. The van der Waals surface area contributed by atoms with Gasteiger partial charge in [0.1, 0.15) is 5.60 Å². The molecule has 0 unspecified atom stereocenters. The number of hydrogen-bond acceptors (Lipinski definition) is 2. The van der Waals surface area contributed by atoms with Crippen LogP contribution in [0.4, 0.5) is 0 Å². The lowest BCUT2D eigenvalue weighted by molar-refractivity contribution is -0.112. The van der Waals surface area contributed by atoms with Gasteiger partial charge in [-0.3, -0.25) is 4.79 Å². The Hall–Kier alpha value is -1.15. The quantitative estimate of drug-likeness (QED) is 0.664. The lowest BCUT2D eigenvalue weighted by Crippen LogP contribution is -2.29. The van der Waals surface area contributed by atoms with E-state index in [2.05, 4.69) is 6.58 Å². The standard InChI is InChI=1S/C13H18O2/c1-9(2)8-15-13(5)6-10(3)12(14)11(4)7-13/h6-7H,1,8H2,2-5H3. The van der Waals surface area contributed by atoms with E-state index in [4.69, 9.17) is 4.74 Å². The van der Waals surface area contributed by atoms with E-state index in [-0.39, 0.29) is 5.78 Å². The van der Waals surface area contributed by atoms with Crippen LogP contribution in [0.3, 0.4) is 0 Å². The van der Waals surface area contributed by atoms with Crippen LogP contribution in [0.2, 0.25) is 0 Å². The zero-order valence-corrected chi connectivity index (χ0v) is 9.89. The summed E-state index contributed by atoms with van der Waals surface area (Å²) in [6.07, 6.45) is 3.73. The fourth-order valence-electron chi connectivity index (χ4n) is 1.71. The van der Waals surface area contributed by atoms with Crippen LogP contribution in [0, 0.1) is 0 Å². The minimum atomic E-state index is -0.471. The average molecular weight is 206 g/mol. The molecule has 0 aromatic carbocycles. The van der Waals surface area contributed by atoms with Crippen LogP contribution < -0.4 is 0 Å². The average Bonchev–Trinajstić information content (AvgIpc) is 2.11. The third-order valence-corrected chi connectivity index (χ3v) is 2.35. The Morgan fingerprint density at radius 1 is 1.40 bits per heavy atom. The van der Waals surface area contributed by atoms with Gasteiger partial charge in [-0.05, 0) is 51.0 Å². The number of carbonyl (C=O) groups is 1. The molecule has 15 heavy (non-hydrogen) atoms. The summed E-state index contributed by atoms with van der Waals surface area (Å²) in [4.78, 5) is 11.5. The SMILES string of the molecule is C=C(C)COC1(C)C=C(C)C(=O)C(C)=C1. The molecule has 0 radical (unpaired) electrons. The predicted octanol–water partition coefficient (Wildman–Crippen LogP) is 2.81. The second-order valence-electron chi connectivity index (χ2n) is 4.41. The summed E-state index contributed by atoms with van der Waals surface area (Å²) in [5, 5.41) is 0. The Morgan fingerprint density at radius 2 is 1.87 bits per heavy atom. The molecule has 0 aliphatic heterocycles. The fraction of sp³-hybridized carbons (Fsp3) is 0.462. The molecular formula is C13H18O2. The number of allylic oxidation sites excluding steroid dienone is 2. The first kappa shape index (κ1) is 11.9. The van der Waals surface area contributed by atoms with Gasteiger partial charge in [-0.15, -0.1) is 0 Å². The summed E-state index contributed by atoms with van der Waals surface area (Å²) >= 11 is 0. The molecule has 1 aliphatic carbocycles. The summed E-state index contributed by atoms with van der Waals surface area (Å²) in [7, 11) is 0. The van der Waals surface area contributed by atoms with E-state index in [1.165, 1.54) is 0 Å². The fourth-order valence-corrected chi connectivity index (χ4v) is 1.71. The van der Waals surface area contributed by atoms with E-state index < -0.39 is 5.60 Å². The first-order valence-electron chi connectivity index (χ1n) is 5.06. The second kappa shape index (κ2) is 4.15. The van der Waals surface area contributed by atoms with Gasteiger partial charge in [-0.25, -0.2) is 0 Å². The Morgan fingerprint density at radius 3 is 2.27 bits per heavy atom. The van der Waals surface area contributed by atoms with E-state index in [0.717, 1.165) is 16.7 Å². The van der Waals surface area contributed by atoms with Crippen molar-refractivity contribution in [3.8, 4) is 0 Å². The molecule has 0 amide bonds. The van der Waals surface area contributed by atoms with Crippen molar-refractivity contribution in [1.82, 2.24) is 0 Å². The van der Waals surface area contributed by atoms with Crippen LogP contribution in [-0.2, 0) is 9.53 Å². The molecule has 1 rings (SSSR count). The van der Waals surface area contributed by atoms with Gasteiger partial charge < -0.3 is 4.74 Å². The Balaban J connectivity index is 2.86. The van der Waals surface area contributed by atoms with Crippen molar-refractivity contribution in [3.63, 3.8) is 0 Å². The molecule has 0 aromatic heterocycles. The van der Waals surface area contributed by atoms with Gasteiger partial charge in [0.25, 0.3) is 0 Å². The van der Waals surface area contributed by atoms with Crippen molar-refractivity contribution < 1.29 is 9.53 Å². The highest BCUT2D eigenvalue weighted by Gasteiger charge is 2.27. The highest BCUT2D eigenvalue weighted by molar-refractivity contribution is 6.08. The highest BCUT2D eigenvalue weighted by atomic mass is 16.5. The minimum Gasteiger partial charge on any atom is -0.363 e. The van der Waals surface area contributed by atoms with Crippen molar-refractivity contribution in [2.24, 2.45) is 0 Å². The number of Topliss-reactive ketones (excluding diaryl/α,β-unsaturated/α-hetero) is 1. The molecule has 1 aliphatic rings. The maximum Gasteiger partial charge on any atom is 0.184 e. The van der Waals surface area contributed by atoms with Gasteiger partial charge in [0.05, 0.1) is 6.61 Å². The minimum absolute atomic E-state index is 0.103. The summed E-state index contributed by atoms with van der Waals surface area (Å²) in [5.74, 6) is 0.103. The van der Waals surface area contributed by atoms with Gasteiger partial charge >= 0.3 is 0 Å². The van der Waals surface area contributed by atoms with Crippen LogP contribution in [0.5, 0.6) is 0 Å². The van der Waals surface area contributed by atoms with Gasteiger partial charge in [0.2, 0.25) is 0 Å². The maximum atomic E-state index is 11.5. The number of hydrogen-bond donors (Lipinski definition) is 0. The Bertz CT molecular complexity index is 337. The highest BCUT2D eigenvalue weighted by Crippen LogP contribution is 2.26. The first-order chi connectivity index (χ1) is 6.84. The zero-order valence-electron chi connectivity index (χ0n) is 9.89. The number of carbonyl (C=O) groups excluding carboxylic acids is 1. The van der Waals surface area contributed by atoms with Crippen LogP contribution in [0.1, 0.15) is 27.7 Å². The van der Waals surface area contributed by atoms with Crippen molar-refractivity contribution in [2.45, 2.75) is 33.3 Å². The lowest BCUT2D eigenvalue weighted by atomic mass is 9.89. The largest absolute Gasteiger partial charge is 0.363 e. The van der Waals surface area contributed by atoms with Crippen LogP contribution in [0.15, 0.2) is 35.5 Å². The predicted molar refractivity (Wildman–Crippen MR) is 61.7 cm³/mol. The topological polar surface area (TPSA) is 26.3 Å². The van der Waals surface area contributed by atoms with Crippen LogP contribution in [-0.4, -0.2) is 18.0 Å². The monoisotopic (exact) mass is 206 g/mol. The van der Waals surface area contributed by atoms with Gasteiger partial charge in [-0.2, -0.15) is 0 Å². The van der Waals surface area contributed by atoms with E-state index >= 15 is 0 Å². The number of rotatable bonds is 3. The van der Waals surface area contributed by atoms with E-state index in [1.54, 1.807) is 0 Å². The smallest absolute Gasteiger partial charge is 0.184 e. The summed E-state index contributed by atoms with van der Waals surface area (Å²) in [5.41, 5.74) is 2.00. The molecule has 2 heteroatoms. The molecule has 2 nitrogen and oxygen atoms in total. The number of ketones is 1. The molecular weight excluding hydrogens is 188 g/mol. The Labute approximate surface area is 91.3 Å². The molecule has 0 bridgehead atoms. The van der Waals surface area contributed by atoms with E-state index in [1.807, 2.05) is 39.8 Å². The summed E-state index contributed by atoms with van der Waals surface area (Å²) in [6, 6.07) is 0. The zero-order chi connectivity index (χ0) is 11.6. The van der Waals surface area contributed by atoms with E-state index in [9.17, 15) is 4.79 Å². The van der Waals surface area contributed by atoms with Crippen molar-refractivity contribution in [3.05, 3.63) is 35.5 Å². The summed E-state index contributed by atoms with van der Waals surface area (Å²) in [6.45, 7) is 11.8. The van der Waals surface area contributed by atoms with Crippen molar-refractivity contribution in [1.29, 1.82) is 0 Å². The van der Waals surface area contributed by atoms with Crippen molar-refractivity contribution in [2.75, 3.05) is 6.61 Å². The molecule has 0 N–H and O–H groups in total. The van der Waals surface area contributed by atoms with Gasteiger partial charge in [0.15, 0.2) is 5.78 Å². The lowest BCUT2D eigenvalue weighted by Gasteiger charge is -2.28. The third kappa shape index (κ3) is 2.90. The second-order valence-corrected chi connectivity index (χ2v) is 4.41. The normalized spacial score (nSPS) is 19.6. The summed E-state index contributed by atoms with van der Waals surface area (Å²) < 4.78 is 5.72. The van der Waals surface area contributed by atoms with E-state index in [0.29, 0.717) is 6.61 Å². The molecule has 0 atom stereocenters. The van der Waals surface area contributed by atoms with Crippen LogP contribution in [0.25, 0.3) is 0 Å². The van der Waals surface area contributed by atoms with Gasteiger partial charge in [-0.1, -0.05) is 12.2 Å². The third-order valence-electron chi connectivity index (χ3n) is 2.35. The molecule has 0 heterocycles. The van der Waals surface area contributed by atoms with Crippen molar-refractivity contribution >= 4 is 5.78 Å². The Kier molecular flexibility index (Phi) is 3.30. The molecule has 0 aromatic rings. The molecule has 0 fully saturated rings. The number of ether oxygens (including phenoxy) is 1. The maximum absolute atomic E-state index is 11.5. The van der Waals surface area contributed by atoms with Gasteiger partial charge in [0, 0.05) is 0 Å². The van der Waals surface area contributed by atoms with Crippen LogP contribution >= 0.6 is 0 Å². The molecule has 82 valence electrons. The molecule has 0 spiro atoms. The first-order valence-corrected chi connectivity index (χ1v) is 5.06. The molecule has 0 saturated heterocycles.